The van der Waals surface area contributed by atoms with Gasteiger partial charge in [-0.1, -0.05) is 48.9 Å². The SMILES string of the molecule is Cl.c1ccc(CCCC[C@H](NCc2ccc3cnccc3c2)c2ccsc2)cc1. The minimum atomic E-state index is 0. The Morgan fingerprint density at radius 3 is 2.62 bits per heavy atom. The molecule has 0 saturated carbocycles. The third-order valence-corrected chi connectivity index (χ3v) is 5.96. The highest BCUT2D eigenvalue weighted by Crippen LogP contribution is 2.23. The summed E-state index contributed by atoms with van der Waals surface area (Å²) in [6.45, 7) is 0.886. The van der Waals surface area contributed by atoms with E-state index in [1.54, 1.807) is 11.3 Å². The second kappa shape index (κ2) is 11.1. The molecule has 0 spiro atoms. The lowest BCUT2D eigenvalue weighted by atomic mass is 10.0. The Hall–Kier alpha value is -2.20. The van der Waals surface area contributed by atoms with E-state index < -0.39 is 0 Å². The topological polar surface area (TPSA) is 24.9 Å². The highest BCUT2D eigenvalue weighted by Gasteiger charge is 2.11. The molecule has 0 aliphatic carbocycles. The second-order valence-electron chi connectivity index (χ2n) is 7.28. The standard InChI is InChI=1S/C25H26N2S.ClH/c1-2-6-20(7-3-1)8-4-5-9-25(24-13-15-28-19-24)27-17-21-10-11-23-18-26-14-12-22(23)16-21;/h1-3,6-7,10-16,18-19,25,27H,4-5,8-9,17H2;1H/t25-;/m0./s1. The van der Waals surface area contributed by atoms with Gasteiger partial charge < -0.3 is 5.32 Å². The lowest BCUT2D eigenvalue weighted by Crippen LogP contribution is -2.20. The van der Waals surface area contributed by atoms with Crippen molar-refractivity contribution in [2.75, 3.05) is 0 Å². The van der Waals surface area contributed by atoms with Gasteiger partial charge in [0.1, 0.15) is 0 Å². The molecule has 150 valence electrons. The van der Waals surface area contributed by atoms with E-state index in [1.807, 2.05) is 12.4 Å². The van der Waals surface area contributed by atoms with Gasteiger partial charge in [-0.25, -0.2) is 0 Å². The maximum atomic E-state index is 4.20. The first kappa shape index (κ1) is 21.5. The van der Waals surface area contributed by atoms with Crippen LogP contribution in [0.4, 0.5) is 0 Å². The van der Waals surface area contributed by atoms with Crippen LogP contribution in [0.2, 0.25) is 0 Å². The summed E-state index contributed by atoms with van der Waals surface area (Å²) in [6.07, 6.45) is 8.58. The van der Waals surface area contributed by atoms with Gasteiger partial charge >= 0.3 is 0 Å². The molecule has 0 fully saturated rings. The van der Waals surface area contributed by atoms with E-state index in [0.717, 1.165) is 13.0 Å². The fraction of sp³-hybridized carbons (Fsp3) is 0.240. The van der Waals surface area contributed by atoms with Gasteiger partial charge in [0, 0.05) is 30.4 Å². The van der Waals surface area contributed by atoms with E-state index >= 15 is 0 Å². The summed E-state index contributed by atoms with van der Waals surface area (Å²) < 4.78 is 0. The van der Waals surface area contributed by atoms with Gasteiger partial charge in [0.15, 0.2) is 0 Å². The van der Waals surface area contributed by atoms with Crippen molar-refractivity contribution in [3.05, 3.63) is 101 Å². The summed E-state index contributed by atoms with van der Waals surface area (Å²) in [4.78, 5) is 4.20. The molecular weight excluding hydrogens is 396 g/mol. The van der Waals surface area contributed by atoms with Crippen LogP contribution in [0.3, 0.4) is 0 Å². The molecule has 0 bridgehead atoms. The number of pyridine rings is 1. The number of fused-ring (bicyclic) bond motifs is 1. The van der Waals surface area contributed by atoms with E-state index in [0.29, 0.717) is 6.04 Å². The van der Waals surface area contributed by atoms with Crippen LogP contribution in [-0.2, 0) is 13.0 Å². The van der Waals surface area contributed by atoms with Crippen molar-refractivity contribution in [1.29, 1.82) is 0 Å². The van der Waals surface area contributed by atoms with Gasteiger partial charge in [0.25, 0.3) is 0 Å². The zero-order chi connectivity index (χ0) is 19.0. The maximum Gasteiger partial charge on any atom is 0.0346 e. The normalized spacial score (nSPS) is 11.9. The largest absolute Gasteiger partial charge is 0.306 e. The van der Waals surface area contributed by atoms with Crippen LogP contribution in [0, 0.1) is 0 Å². The average Bonchev–Trinajstić information content (AvgIpc) is 3.28. The molecule has 0 amide bonds. The minimum Gasteiger partial charge on any atom is -0.306 e. The quantitative estimate of drug-likeness (QED) is 0.295. The number of unbranched alkanes of at least 4 members (excludes halogenated alkanes) is 1. The Kier molecular flexibility index (Phi) is 8.24. The third kappa shape index (κ3) is 6.14. The summed E-state index contributed by atoms with van der Waals surface area (Å²) >= 11 is 1.78. The van der Waals surface area contributed by atoms with Crippen molar-refractivity contribution in [1.82, 2.24) is 10.3 Å². The minimum absolute atomic E-state index is 0. The van der Waals surface area contributed by atoms with Crippen LogP contribution >= 0.6 is 23.7 Å². The van der Waals surface area contributed by atoms with Crippen molar-refractivity contribution in [2.45, 2.75) is 38.3 Å². The monoisotopic (exact) mass is 422 g/mol. The molecule has 0 aliphatic rings. The predicted molar refractivity (Wildman–Crippen MR) is 127 cm³/mol. The number of rotatable bonds is 9. The Balaban J connectivity index is 0.00000240. The molecule has 0 saturated heterocycles. The molecule has 1 N–H and O–H groups in total. The maximum absolute atomic E-state index is 4.20. The Morgan fingerprint density at radius 2 is 1.79 bits per heavy atom. The smallest absolute Gasteiger partial charge is 0.0346 e. The first-order chi connectivity index (χ1) is 13.9. The Morgan fingerprint density at radius 1 is 0.897 bits per heavy atom. The average molecular weight is 423 g/mol. The van der Waals surface area contributed by atoms with Crippen LogP contribution in [0.5, 0.6) is 0 Å². The van der Waals surface area contributed by atoms with Crippen LogP contribution in [-0.4, -0.2) is 4.98 Å². The molecule has 1 atom stereocenters. The van der Waals surface area contributed by atoms with Gasteiger partial charge in [-0.2, -0.15) is 11.3 Å². The van der Waals surface area contributed by atoms with E-state index in [9.17, 15) is 0 Å². The molecule has 0 unspecified atom stereocenters. The van der Waals surface area contributed by atoms with E-state index in [4.69, 9.17) is 0 Å². The summed E-state index contributed by atoms with van der Waals surface area (Å²) in [5.41, 5.74) is 4.17. The summed E-state index contributed by atoms with van der Waals surface area (Å²) in [5, 5.41) is 10.7. The predicted octanol–water partition coefficient (Wildman–Crippen LogP) is 6.96. The Labute approximate surface area is 183 Å². The van der Waals surface area contributed by atoms with Gasteiger partial charge in [-0.05, 0) is 70.3 Å². The molecule has 2 aromatic carbocycles. The summed E-state index contributed by atoms with van der Waals surface area (Å²) in [5.74, 6) is 0. The van der Waals surface area contributed by atoms with Crippen molar-refractivity contribution < 1.29 is 0 Å². The Bertz CT molecular complexity index is 986. The highest BCUT2D eigenvalue weighted by atomic mass is 35.5. The number of thiophene rings is 1. The van der Waals surface area contributed by atoms with E-state index in [-0.39, 0.29) is 12.4 Å². The van der Waals surface area contributed by atoms with Gasteiger partial charge in [0.2, 0.25) is 0 Å². The number of hydrogen-bond acceptors (Lipinski definition) is 3. The summed E-state index contributed by atoms with van der Waals surface area (Å²) in [6, 6.07) is 22.2. The molecule has 2 nitrogen and oxygen atoms in total. The van der Waals surface area contributed by atoms with Crippen LogP contribution in [0.1, 0.15) is 42.0 Å². The summed E-state index contributed by atoms with van der Waals surface area (Å²) in [7, 11) is 0. The van der Waals surface area contributed by atoms with E-state index in [2.05, 4.69) is 81.7 Å². The molecule has 0 aliphatic heterocycles. The molecule has 0 radical (unpaired) electrons. The molecule has 29 heavy (non-hydrogen) atoms. The number of aromatic nitrogens is 1. The number of nitrogens with zero attached hydrogens (tertiary/aromatic N) is 1. The molecule has 2 aromatic heterocycles. The van der Waals surface area contributed by atoms with Gasteiger partial charge in [-0.15, -0.1) is 12.4 Å². The number of benzene rings is 2. The molecule has 4 aromatic rings. The van der Waals surface area contributed by atoms with Crippen molar-refractivity contribution >= 4 is 34.5 Å². The molecular formula is C25H27ClN2S. The van der Waals surface area contributed by atoms with Crippen molar-refractivity contribution in [2.24, 2.45) is 0 Å². The zero-order valence-corrected chi connectivity index (χ0v) is 18.1. The first-order valence-electron chi connectivity index (χ1n) is 10.0. The van der Waals surface area contributed by atoms with Gasteiger partial charge in [-0.3, -0.25) is 4.98 Å². The van der Waals surface area contributed by atoms with Crippen LogP contribution < -0.4 is 5.32 Å². The lowest BCUT2D eigenvalue weighted by molar-refractivity contribution is 0.476. The van der Waals surface area contributed by atoms with Crippen LogP contribution in [0.25, 0.3) is 10.8 Å². The highest BCUT2D eigenvalue weighted by molar-refractivity contribution is 7.07. The molecule has 4 rings (SSSR count). The van der Waals surface area contributed by atoms with Crippen molar-refractivity contribution in [3.63, 3.8) is 0 Å². The number of halogens is 1. The fourth-order valence-electron chi connectivity index (χ4n) is 3.67. The number of nitrogens with one attached hydrogen (secondary N) is 1. The molecule has 2 heterocycles. The number of aryl methyl sites for hydroxylation is 1. The lowest BCUT2D eigenvalue weighted by Gasteiger charge is -2.18. The van der Waals surface area contributed by atoms with E-state index in [1.165, 1.54) is 46.7 Å². The second-order valence-corrected chi connectivity index (χ2v) is 8.06. The van der Waals surface area contributed by atoms with Crippen molar-refractivity contribution in [3.8, 4) is 0 Å². The first-order valence-corrected chi connectivity index (χ1v) is 10.9. The molecule has 4 heteroatoms. The van der Waals surface area contributed by atoms with Crippen LogP contribution in [0.15, 0.2) is 83.8 Å². The zero-order valence-electron chi connectivity index (χ0n) is 16.5. The van der Waals surface area contributed by atoms with Gasteiger partial charge in [0.05, 0.1) is 0 Å². The third-order valence-electron chi connectivity index (χ3n) is 5.25. The fourth-order valence-corrected chi connectivity index (χ4v) is 4.38. The number of hydrogen-bond donors (Lipinski definition) is 1.